The van der Waals surface area contributed by atoms with Crippen LogP contribution in [0, 0.1) is 6.92 Å². The molecule has 0 saturated carbocycles. The molecule has 1 nitrogen and oxygen atoms in total. The number of carbonyl (C=O) groups excluding carboxylic acids is 1. The molecule has 1 heterocycles. The van der Waals surface area contributed by atoms with Gasteiger partial charge in [-0.2, -0.15) is 0 Å². The van der Waals surface area contributed by atoms with Crippen LogP contribution in [0.25, 0.3) is 10.1 Å². The summed E-state index contributed by atoms with van der Waals surface area (Å²) in [5.74, 6) is 0.165. The molecule has 0 aliphatic carbocycles. The van der Waals surface area contributed by atoms with Gasteiger partial charge in [-0.3, -0.25) is 4.79 Å². The first-order valence-corrected chi connectivity index (χ1v) is 8.06. The number of halogens is 1. The Morgan fingerprint density at radius 3 is 2.80 bits per heavy atom. The topological polar surface area (TPSA) is 17.1 Å². The van der Waals surface area contributed by atoms with E-state index >= 15 is 0 Å². The van der Waals surface area contributed by atoms with Crippen LogP contribution in [0.15, 0.2) is 52.3 Å². The molecule has 0 aliphatic rings. The smallest absolute Gasteiger partial charge is 0.167 e. The molecule has 0 spiro atoms. The minimum atomic E-state index is 0.165. The molecule has 0 saturated heterocycles. The van der Waals surface area contributed by atoms with E-state index in [1.54, 1.807) is 11.3 Å². The van der Waals surface area contributed by atoms with E-state index in [0.29, 0.717) is 6.42 Å². The molecule has 100 valence electrons. The zero-order valence-electron chi connectivity index (χ0n) is 11.0. The number of fused-ring (bicyclic) bond motifs is 1. The van der Waals surface area contributed by atoms with Gasteiger partial charge in [-0.1, -0.05) is 34.1 Å². The average molecular weight is 345 g/mol. The lowest BCUT2D eigenvalue weighted by Crippen LogP contribution is -2.03. The largest absolute Gasteiger partial charge is 0.294 e. The molecule has 3 aromatic rings. The van der Waals surface area contributed by atoms with Crippen LogP contribution in [0.4, 0.5) is 0 Å². The summed E-state index contributed by atoms with van der Waals surface area (Å²) >= 11 is 5.14. The van der Waals surface area contributed by atoms with Crippen molar-refractivity contribution in [3.05, 3.63) is 69.0 Å². The van der Waals surface area contributed by atoms with E-state index in [1.165, 1.54) is 10.1 Å². The Hall–Kier alpha value is -1.45. The van der Waals surface area contributed by atoms with Crippen molar-refractivity contribution in [3.8, 4) is 0 Å². The Kier molecular flexibility index (Phi) is 3.72. The number of hydrogen-bond acceptors (Lipinski definition) is 2. The first kappa shape index (κ1) is 13.5. The van der Waals surface area contributed by atoms with E-state index in [1.807, 2.05) is 37.3 Å². The Morgan fingerprint density at radius 1 is 1.20 bits per heavy atom. The lowest BCUT2D eigenvalue weighted by Gasteiger charge is -2.03. The number of benzene rings is 2. The zero-order valence-corrected chi connectivity index (χ0v) is 13.4. The molecule has 20 heavy (non-hydrogen) atoms. The van der Waals surface area contributed by atoms with Gasteiger partial charge >= 0.3 is 0 Å². The van der Waals surface area contributed by atoms with E-state index in [-0.39, 0.29) is 5.78 Å². The number of carbonyl (C=O) groups is 1. The first-order chi connectivity index (χ1) is 9.63. The fraction of sp³-hybridized carbons (Fsp3) is 0.118. The van der Waals surface area contributed by atoms with Gasteiger partial charge < -0.3 is 0 Å². The van der Waals surface area contributed by atoms with Crippen LogP contribution < -0.4 is 0 Å². The quantitative estimate of drug-likeness (QED) is 0.581. The highest BCUT2D eigenvalue weighted by atomic mass is 79.9. The molecular weight excluding hydrogens is 332 g/mol. The van der Waals surface area contributed by atoms with Gasteiger partial charge in [-0.15, -0.1) is 11.3 Å². The highest BCUT2D eigenvalue weighted by Crippen LogP contribution is 2.27. The van der Waals surface area contributed by atoms with Gasteiger partial charge in [0.2, 0.25) is 0 Å². The molecule has 0 N–H and O–H groups in total. The van der Waals surface area contributed by atoms with Crippen molar-refractivity contribution < 1.29 is 4.79 Å². The SMILES string of the molecule is Cc1cc(Br)cc(C(=O)Cc2csc3ccccc23)c1. The summed E-state index contributed by atoms with van der Waals surface area (Å²) in [6.07, 6.45) is 0.458. The Labute approximate surface area is 130 Å². The fourth-order valence-electron chi connectivity index (χ4n) is 2.34. The number of Topliss-reactive ketones (excluding diaryl/α,β-unsaturated/α-hetero) is 1. The number of rotatable bonds is 3. The maximum absolute atomic E-state index is 12.4. The van der Waals surface area contributed by atoms with Gasteiger partial charge in [0.1, 0.15) is 0 Å². The van der Waals surface area contributed by atoms with Crippen molar-refractivity contribution in [2.75, 3.05) is 0 Å². The summed E-state index contributed by atoms with van der Waals surface area (Å²) in [5, 5.41) is 3.28. The van der Waals surface area contributed by atoms with E-state index in [9.17, 15) is 4.79 Å². The van der Waals surface area contributed by atoms with Gasteiger partial charge in [0, 0.05) is 21.2 Å². The predicted molar refractivity (Wildman–Crippen MR) is 88.7 cm³/mol. The molecule has 0 bridgehead atoms. The number of aryl methyl sites for hydroxylation is 1. The van der Waals surface area contributed by atoms with E-state index in [2.05, 4.69) is 33.4 Å². The summed E-state index contributed by atoms with van der Waals surface area (Å²) in [6.45, 7) is 2.00. The number of ketones is 1. The van der Waals surface area contributed by atoms with Crippen LogP contribution in [0.3, 0.4) is 0 Å². The first-order valence-electron chi connectivity index (χ1n) is 6.39. The summed E-state index contributed by atoms with van der Waals surface area (Å²) in [7, 11) is 0. The van der Waals surface area contributed by atoms with Crippen LogP contribution in [0.2, 0.25) is 0 Å². The standard InChI is InChI=1S/C17H13BrOS/c1-11-6-12(8-14(18)7-11)16(19)9-13-10-20-17-5-3-2-4-15(13)17/h2-8,10H,9H2,1H3. The summed E-state index contributed by atoms with van der Waals surface area (Å²) in [5.41, 5.74) is 2.98. The molecule has 0 radical (unpaired) electrons. The summed E-state index contributed by atoms with van der Waals surface area (Å²) < 4.78 is 2.19. The molecular formula is C17H13BrOS. The minimum absolute atomic E-state index is 0.165. The Balaban J connectivity index is 1.92. The van der Waals surface area contributed by atoms with Crippen LogP contribution >= 0.6 is 27.3 Å². The minimum Gasteiger partial charge on any atom is -0.294 e. The Bertz CT molecular complexity index is 768. The lowest BCUT2D eigenvalue weighted by molar-refractivity contribution is 0.0993. The molecule has 0 amide bonds. The second-order valence-corrected chi connectivity index (χ2v) is 6.70. The predicted octanol–water partition coefficient (Wildman–Crippen LogP) is 5.40. The normalized spacial score (nSPS) is 10.9. The molecule has 3 heteroatoms. The lowest BCUT2D eigenvalue weighted by atomic mass is 10.0. The highest BCUT2D eigenvalue weighted by molar-refractivity contribution is 9.10. The third-order valence-corrected chi connectivity index (χ3v) is 4.75. The molecule has 0 fully saturated rings. The van der Waals surface area contributed by atoms with Crippen LogP contribution in [0.5, 0.6) is 0 Å². The fourth-order valence-corrected chi connectivity index (χ4v) is 3.91. The molecule has 2 aromatic carbocycles. The maximum Gasteiger partial charge on any atom is 0.167 e. The molecule has 0 unspecified atom stereocenters. The van der Waals surface area contributed by atoms with Gasteiger partial charge in [0.25, 0.3) is 0 Å². The highest BCUT2D eigenvalue weighted by Gasteiger charge is 2.11. The van der Waals surface area contributed by atoms with E-state index in [0.717, 1.165) is 21.2 Å². The summed E-state index contributed by atoms with van der Waals surface area (Å²) in [6, 6.07) is 14.1. The molecule has 0 aliphatic heterocycles. The van der Waals surface area contributed by atoms with Crippen molar-refractivity contribution in [2.24, 2.45) is 0 Å². The van der Waals surface area contributed by atoms with Crippen molar-refractivity contribution in [1.82, 2.24) is 0 Å². The molecule has 0 atom stereocenters. The zero-order chi connectivity index (χ0) is 14.1. The average Bonchev–Trinajstić information content (AvgIpc) is 2.81. The second kappa shape index (κ2) is 5.51. The molecule has 1 aromatic heterocycles. The maximum atomic E-state index is 12.4. The number of hydrogen-bond donors (Lipinski definition) is 0. The van der Waals surface area contributed by atoms with Crippen molar-refractivity contribution >= 4 is 43.1 Å². The Morgan fingerprint density at radius 2 is 2.00 bits per heavy atom. The second-order valence-electron chi connectivity index (χ2n) is 4.87. The third-order valence-electron chi connectivity index (χ3n) is 3.28. The third kappa shape index (κ3) is 2.69. The van der Waals surface area contributed by atoms with Gasteiger partial charge in [0.15, 0.2) is 5.78 Å². The monoisotopic (exact) mass is 344 g/mol. The molecule has 3 rings (SSSR count). The van der Waals surface area contributed by atoms with Gasteiger partial charge in [0.05, 0.1) is 0 Å². The van der Waals surface area contributed by atoms with Gasteiger partial charge in [-0.05, 0) is 53.1 Å². The van der Waals surface area contributed by atoms with E-state index in [4.69, 9.17) is 0 Å². The van der Waals surface area contributed by atoms with Crippen molar-refractivity contribution in [3.63, 3.8) is 0 Å². The van der Waals surface area contributed by atoms with E-state index < -0.39 is 0 Å². The van der Waals surface area contributed by atoms with Crippen LogP contribution in [-0.2, 0) is 6.42 Å². The van der Waals surface area contributed by atoms with Gasteiger partial charge in [-0.25, -0.2) is 0 Å². The van der Waals surface area contributed by atoms with Crippen LogP contribution in [-0.4, -0.2) is 5.78 Å². The van der Waals surface area contributed by atoms with Crippen LogP contribution in [0.1, 0.15) is 21.5 Å². The van der Waals surface area contributed by atoms with Crippen molar-refractivity contribution in [1.29, 1.82) is 0 Å². The summed E-state index contributed by atoms with van der Waals surface area (Å²) in [4.78, 5) is 12.4. The number of thiophene rings is 1. The van der Waals surface area contributed by atoms with Crippen molar-refractivity contribution in [2.45, 2.75) is 13.3 Å².